The fourth-order valence-electron chi connectivity index (χ4n) is 5.49. The predicted octanol–water partition coefficient (Wildman–Crippen LogP) is 3.45. The Kier molecular flexibility index (Phi) is 3.21. The lowest BCUT2D eigenvalue weighted by molar-refractivity contribution is -0.0167. The maximum absolute atomic E-state index is 12.7. The second-order valence-corrected chi connectivity index (χ2v) is 8.09. The quantitative estimate of drug-likeness (QED) is 0.927. The standard InChI is InChI=1S/C19H26N2O/c1-21(2)17-5-3-16(4-6-17)18(22)20-19-10-13-7-14(11-19)9-15(8-13)12-19/h3-6,13-15H,7-12H2,1-2H3,(H,20,22). The highest BCUT2D eigenvalue weighted by Gasteiger charge is 2.51. The molecule has 4 saturated carbocycles. The summed E-state index contributed by atoms with van der Waals surface area (Å²) < 4.78 is 0. The topological polar surface area (TPSA) is 32.3 Å². The van der Waals surface area contributed by atoms with Crippen LogP contribution in [0.5, 0.6) is 0 Å². The molecule has 5 rings (SSSR count). The van der Waals surface area contributed by atoms with Crippen molar-refractivity contribution in [3.05, 3.63) is 29.8 Å². The Hall–Kier alpha value is -1.51. The van der Waals surface area contributed by atoms with Crippen molar-refractivity contribution in [2.45, 2.75) is 44.1 Å². The number of carbonyl (C=O) groups excluding carboxylic acids is 1. The molecular formula is C19H26N2O. The molecule has 4 bridgehead atoms. The normalized spacial score (nSPS) is 35.5. The van der Waals surface area contributed by atoms with E-state index in [0.717, 1.165) is 29.0 Å². The molecule has 0 aliphatic heterocycles. The molecule has 1 aromatic rings. The van der Waals surface area contributed by atoms with Gasteiger partial charge in [0.2, 0.25) is 0 Å². The minimum atomic E-state index is 0.103. The molecule has 4 aliphatic rings. The second-order valence-electron chi connectivity index (χ2n) is 8.09. The van der Waals surface area contributed by atoms with E-state index in [-0.39, 0.29) is 11.4 Å². The third-order valence-corrected chi connectivity index (χ3v) is 6.06. The molecule has 3 heteroatoms. The van der Waals surface area contributed by atoms with Crippen molar-refractivity contribution in [2.24, 2.45) is 17.8 Å². The van der Waals surface area contributed by atoms with Gasteiger partial charge in [-0.2, -0.15) is 0 Å². The van der Waals surface area contributed by atoms with Gasteiger partial charge in [-0.3, -0.25) is 4.79 Å². The van der Waals surface area contributed by atoms with E-state index in [1.807, 2.05) is 38.4 Å². The first kappa shape index (κ1) is 14.1. The Labute approximate surface area is 133 Å². The SMILES string of the molecule is CN(C)c1ccc(C(=O)NC23CC4CC(CC(C4)C2)C3)cc1. The van der Waals surface area contributed by atoms with Gasteiger partial charge < -0.3 is 10.2 Å². The zero-order valence-corrected chi connectivity index (χ0v) is 13.6. The molecule has 0 atom stereocenters. The van der Waals surface area contributed by atoms with Crippen LogP contribution in [-0.2, 0) is 0 Å². The summed E-state index contributed by atoms with van der Waals surface area (Å²) in [5.74, 6) is 2.71. The van der Waals surface area contributed by atoms with Crippen LogP contribution in [0, 0.1) is 17.8 Å². The summed E-state index contributed by atoms with van der Waals surface area (Å²) in [6, 6.07) is 7.94. The summed E-state index contributed by atoms with van der Waals surface area (Å²) in [7, 11) is 4.04. The van der Waals surface area contributed by atoms with E-state index in [9.17, 15) is 4.79 Å². The first-order valence-electron chi connectivity index (χ1n) is 8.63. The van der Waals surface area contributed by atoms with Crippen LogP contribution in [0.3, 0.4) is 0 Å². The van der Waals surface area contributed by atoms with Crippen molar-refractivity contribution in [2.75, 3.05) is 19.0 Å². The second kappa shape index (κ2) is 5.00. The molecule has 1 N–H and O–H groups in total. The van der Waals surface area contributed by atoms with Crippen LogP contribution in [0.4, 0.5) is 5.69 Å². The first-order valence-corrected chi connectivity index (χ1v) is 8.63. The Morgan fingerprint density at radius 3 is 1.95 bits per heavy atom. The lowest BCUT2D eigenvalue weighted by atomic mass is 9.53. The summed E-state index contributed by atoms with van der Waals surface area (Å²) in [5.41, 5.74) is 2.03. The molecule has 4 aliphatic carbocycles. The number of benzene rings is 1. The third-order valence-electron chi connectivity index (χ3n) is 6.06. The van der Waals surface area contributed by atoms with Gasteiger partial charge in [0.15, 0.2) is 0 Å². The van der Waals surface area contributed by atoms with E-state index >= 15 is 0 Å². The van der Waals surface area contributed by atoms with Gasteiger partial charge in [0, 0.05) is 30.9 Å². The molecule has 22 heavy (non-hydrogen) atoms. The summed E-state index contributed by atoms with van der Waals surface area (Å²) in [6.07, 6.45) is 7.85. The minimum absolute atomic E-state index is 0.103. The van der Waals surface area contributed by atoms with Gasteiger partial charge in [0.05, 0.1) is 0 Å². The van der Waals surface area contributed by atoms with Gasteiger partial charge in [-0.05, 0) is 80.5 Å². The van der Waals surface area contributed by atoms with E-state index in [0.29, 0.717) is 0 Å². The van der Waals surface area contributed by atoms with Crippen molar-refractivity contribution in [1.29, 1.82) is 0 Å². The number of rotatable bonds is 3. The van der Waals surface area contributed by atoms with Crippen LogP contribution in [0.25, 0.3) is 0 Å². The van der Waals surface area contributed by atoms with E-state index in [1.165, 1.54) is 38.5 Å². The number of anilines is 1. The molecule has 0 heterocycles. The van der Waals surface area contributed by atoms with Gasteiger partial charge in [0.25, 0.3) is 5.91 Å². The maximum Gasteiger partial charge on any atom is 0.251 e. The summed E-state index contributed by atoms with van der Waals surface area (Å²) >= 11 is 0. The number of amides is 1. The Morgan fingerprint density at radius 2 is 1.50 bits per heavy atom. The number of hydrogen-bond donors (Lipinski definition) is 1. The smallest absolute Gasteiger partial charge is 0.251 e. The fourth-order valence-corrected chi connectivity index (χ4v) is 5.49. The molecule has 0 radical (unpaired) electrons. The van der Waals surface area contributed by atoms with Crippen LogP contribution >= 0.6 is 0 Å². The highest BCUT2D eigenvalue weighted by molar-refractivity contribution is 5.95. The molecule has 0 saturated heterocycles. The molecule has 0 aromatic heterocycles. The largest absolute Gasteiger partial charge is 0.378 e. The Balaban J connectivity index is 1.50. The average molecular weight is 298 g/mol. The van der Waals surface area contributed by atoms with E-state index in [1.54, 1.807) is 0 Å². The minimum Gasteiger partial charge on any atom is -0.378 e. The number of hydrogen-bond acceptors (Lipinski definition) is 2. The highest BCUT2D eigenvalue weighted by Crippen LogP contribution is 2.55. The van der Waals surface area contributed by atoms with Crippen LogP contribution in [0.15, 0.2) is 24.3 Å². The Morgan fingerprint density at radius 1 is 1.00 bits per heavy atom. The molecule has 0 spiro atoms. The number of carbonyl (C=O) groups is 1. The van der Waals surface area contributed by atoms with Crippen molar-refractivity contribution >= 4 is 11.6 Å². The number of nitrogens with zero attached hydrogens (tertiary/aromatic N) is 1. The van der Waals surface area contributed by atoms with Crippen molar-refractivity contribution in [3.8, 4) is 0 Å². The number of nitrogens with one attached hydrogen (secondary N) is 1. The molecule has 4 fully saturated rings. The maximum atomic E-state index is 12.7. The molecule has 1 aromatic carbocycles. The van der Waals surface area contributed by atoms with Crippen LogP contribution in [0.2, 0.25) is 0 Å². The van der Waals surface area contributed by atoms with Gasteiger partial charge in [-0.1, -0.05) is 0 Å². The van der Waals surface area contributed by atoms with Crippen molar-refractivity contribution < 1.29 is 4.79 Å². The molecular weight excluding hydrogens is 272 g/mol. The van der Waals surface area contributed by atoms with Crippen LogP contribution < -0.4 is 10.2 Å². The van der Waals surface area contributed by atoms with E-state index in [2.05, 4.69) is 10.2 Å². The van der Waals surface area contributed by atoms with Crippen molar-refractivity contribution in [1.82, 2.24) is 5.32 Å². The van der Waals surface area contributed by atoms with Crippen molar-refractivity contribution in [3.63, 3.8) is 0 Å². The summed E-state index contributed by atoms with van der Waals surface area (Å²) in [5, 5.41) is 3.44. The zero-order chi connectivity index (χ0) is 15.3. The van der Waals surface area contributed by atoms with Gasteiger partial charge in [-0.25, -0.2) is 0 Å². The first-order chi connectivity index (χ1) is 10.5. The monoisotopic (exact) mass is 298 g/mol. The third kappa shape index (κ3) is 2.41. The molecule has 0 unspecified atom stereocenters. The lowest BCUT2D eigenvalue weighted by Gasteiger charge is -2.56. The van der Waals surface area contributed by atoms with E-state index in [4.69, 9.17) is 0 Å². The predicted molar refractivity (Wildman–Crippen MR) is 89.1 cm³/mol. The van der Waals surface area contributed by atoms with Gasteiger partial charge >= 0.3 is 0 Å². The Bertz CT molecular complexity index is 540. The molecule has 1 amide bonds. The summed E-state index contributed by atoms with van der Waals surface area (Å²) in [4.78, 5) is 14.7. The van der Waals surface area contributed by atoms with Gasteiger partial charge in [-0.15, -0.1) is 0 Å². The zero-order valence-electron chi connectivity index (χ0n) is 13.6. The molecule has 3 nitrogen and oxygen atoms in total. The lowest BCUT2D eigenvalue weighted by Crippen LogP contribution is -2.59. The highest BCUT2D eigenvalue weighted by atomic mass is 16.1. The summed E-state index contributed by atoms with van der Waals surface area (Å²) in [6.45, 7) is 0. The fraction of sp³-hybridized carbons (Fsp3) is 0.632. The van der Waals surface area contributed by atoms with Gasteiger partial charge in [0.1, 0.15) is 0 Å². The average Bonchev–Trinajstić information content (AvgIpc) is 2.45. The molecule has 118 valence electrons. The van der Waals surface area contributed by atoms with E-state index < -0.39 is 0 Å². The van der Waals surface area contributed by atoms with Crippen LogP contribution in [-0.4, -0.2) is 25.5 Å². The van der Waals surface area contributed by atoms with Crippen LogP contribution in [0.1, 0.15) is 48.9 Å².